The van der Waals surface area contributed by atoms with Crippen LogP contribution in [0.4, 0.5) is 5.69 Å². The maximum atomic E-state index is 12.2. The molecule has 0 spiro atoms. The number of hydrogen-bond acceptors (Lipinski definition) is 3. The summed E-state index contributed by atoms with van der Waals surface area (Å²) in [6, 6.07) is 15.2. The summed E-state index contributed by atoms with van der Waals surface area (Å²) in [4.78, 5) is 15.5. The number of nitrogens with one attached hydrogen (secondary N) is 2. The van der Waals surface area contributed by atoms with Crippen LogP contribution < -0.4 is 15.0 Å². The van der Waals surface area contributed by atoms with E-state index in [0.717, 1.165) is 27.2 Å². The Morgan fingerprint density at radius 1 is 1.24 bits per heavy atom. The number of carbonyl (C=O) groups excluding carboxylic acids is 1. The van der Waals surface area contributed by atoms with Gasteiger partial charge in [0, 0.05) is 11.5 Å². The highest BCUT2D eigenvalue weighted by Crippen LogP contribution is 2.24. The summed E-state index contributed by atoms with van der Waals surface area (Å²) >= 11 is 7.51. The van der Waals surface area contributed by atoms with E-state index in [4.69, 9.17) is 16.3 Å². The number of carbonyl (C=O) groups is 1. The number of aromatic nitrogens is 1. The highest BCUT2D eigenvalue weighted by molar-refractivity contribution is 7.99. The Morgan fingerprint density at radius 3 is 2.80 bits per heavy atom. The highest BCUT2D eigenvalue weighted by atomic mass is 35.5. The molecule has 0 bridgehead atoms. The van der Waals surface area contributed by atoms with Crippen molar-refractivity contribution in [2.45, 2.75) is 11.9 Å². The molecule has 3 aromatic rings. The van der Waals surface area contributed by atoms with E-state index in [0.29, 0.717) is 10.7 Å². The van der Waals surface area contributed by atoms with Crippen molar-refractivity contribution in [3.8, 4) is 5.75 Å². The van der Waals surface area contributed by atoms with Crippen LogP contribution in [-0.4, -0.2) is 18.8 Å². The van der Waals surface area contributed by atoms with Crippen molar-refractivity contribution in [2.75, 3.05) is 18.2 Å². The molecule has 4 nitrogen and oxygen atoms in total. The molecule has 0 atom stereocenters. The van der Waals surface area contributed by atoms with Crippen molar-refractivity contribution < 1.29 is 14.5 Å². The summed E-state index contributed by atoms with van der Waals surface area (Å²) in [6.07, 6.45) is 0. The molecule has 6 heteroatoms. The van der Waals surface area contributed by atoms with Gasteiger partial charge in [-0.25, -0.2) is 0 Å². The van der Waals surface area contributed by atoms with Gasteiger partial charge in [-0.15, -0.1) is 0 Å². The van der Waals surface area contributed by atoms with E-state index >= 15 is 0 Å². The van der Waals surface area contributed by atoms with Gasteiger partial charge in [-0.2, -0.15) is 4.98 Å². The second kappa shape index (κ2) is 7.76. The van der Waals surface area contributed by atoms with Gasteiger partial charge in [0.25, 0.3) is 0 Å². The molecule has 0 aliphatic heterocycles. The monoisotopic (exact) mass is 373 g/mol. The summed E-state index contributed by atoms with van der Waals surface area (Å²) in [5.74, 6) is 0.980. The number of amides is 1. The minimum Gasteiger partial charge on any atom is -0.497 e. The number of fused-ring (bicyclic) bond motifs is 1. The number of halogens is 1. The van der Waals surface area contributed by atoms with E-state index in [1.165, 1.54) is 11.8 Å². The third kappa shape index (κ3) is 4.24. The first-order chi connectivity index (χ1) is 12.1. The van der Waals surface area contributed by atoms with Crippen molar-refractivity contribution in [3.05, 3.63) is 59.1 Å². The number of benzene rings is 2. The SMILES string of the molecule is COc1ccc2c(C)cc(SCC(=O)Nc3ccccc3Cl)[nH+]c2c1. The van der Waals surface area contributed by atoms with Crippen LogP contribution in [0.15, 0.2) is 53.6 Å². The molecule has 1 heterocycles. The van der Waals surface area contributed by atoms with Crippen LogP contribution in [0.3, 0.4) is 0 Å². The smallest absolute Gasteiger partial charge is 0.239 e. The average Bonchev–Trinajstić information content (AvgIpc) is 2.61. The molecule has 0 aliphatic rings. The molecular formula is C19H18ClN2O2S+. The number of aryl methyl sites for hydroxylation is 1. The number of pyridine rings is 1. The molecule has 2 N–H and O–H groups in total. The number of rotatable bonds is 5. The summed E-state index contributed by atoms with van der Waals surface area (Å²) in [7, 11) is 1.64. The molecule has 0 saturated heterocycles. The number of H-pyrrole nitrogens is 1. The fourth-order valence-electron chi connectivity index (χ4n) is 2.51. The molecule has 1 amide bonds. The molecule has 25 heavy (non-hydrogen) atoms. The lowest BCUT2D eigenvalue weighted by molar-refractivity contribution is -0.395. The van der Waals surface area contributed by atoms with Crippen LogP contribution >= 0.6 is 23.4 Å². The Labute approximate surface area is 155 Å². The maximum absolute atomic E-state index is 12.2. The van der Waals surface area contributed by atoms with Gasteiger partial charge in [0.15, 0.2) is 0 Å². The lowest BCUT2D eigenvalue weighted by Crippen LogP contribution is -2.16. The van der Waals surface area contributed by atoms with Gasteiger partial charge in [0.2, 0.25) is 16.4 Å². The van der Waals surface area contributed by atoms with Crippen LogP contribution in [0.25, 0.3) is 10.9 Å². The van der Waals surface area contributed by atoms with Gasteiger partial charge in [-0.05, 0) is 48.5 Å². The number of aromatic amines is 1. The Bertz CT molecular complexity index is 930. The van der Waals surface area contributed by atoms with E-state index in [1.54, 1.807) is 19.2 Å². The summed E-state index contributed by atoms with van der Waals surface area (Å²) in [5, 5.41) is 5.41. The molecule has 2 aromatic carbocycles. The normalized spacial score (nSPS) is 10.7. The maximum Gasteiger partial charge on any atom is 0.239 e. The fourth-order valence-corrected chi connectivity index (χ4v) is 3.49. The van der Waals surface area contributed by atoms with E-state index in [2.05, 4.69) is 17.2 Å². The van der Waals surface area contributed by atoms with Gasteiger partial charge in [0.1, 0.15) is 5.75 Å². The molecular weight excluding hydrogens is 356 g/mol. The minimum absolute atomic E-state index is 0.102. The van der Waals surface area contributed by atoms with Crippen LogP contribution in [0, 0.1) is 6.92 Å². The third-order valence-corrected chi connectivity index (χ3v) is 5.03. The topological polar surface area (TPSA) is 52.5 Å². The first-order valence-corrected chi connectivity index (χ1v) is 9.11. The molecule has 0 fully saturated rings. The molecule has 0 unspecified atom stereocenters. The van der Waals surface area contributed by atoms with Crippen molar-refractivity contribution in [1.82, 2.24) is 0 Å². The minimum atomic E-state index is -0.102. The molecule has 0 saturated carbocycles. The first kappa shape index (κ1) is 17.6. The molecule has 3 rings (SSSR count). The zero-order valence-corrected chi connectivity index (χ0v) is 15.5. The van der Waals surface area contributed by atoms with Gasteiger partial charge >= 0.3 is 0 Å². The fraction of sp³-hybridized carbons (Fsp3) is 0.158. The van der Waals surface area contributed by atoms with Crippen molar-refractivity contribution >= 4 is 45.9 Å². The van der Waals surface area contributed by atoms with E-state index in [9.17, 15) is 4.79 Å². The Morgan fingerprint density at radius 2 is 2.04 bits per heavy atom. The van der Waals surface area contributed by atoms with Crippen LogP contribution in [0.5, 0.6) is 5.75 Å². The zero-order chi connectivity index (χ0) is 17.8. The van der Waals surface area contributed by atoms with Crippen molar-refractivity contribution in [1.29, 1.82) is 0 Å². The predicted molar refractivity (Wildman–Crippen MR) is 103 cm³/mol. The molecule has 0 radical (unpaired) electrons. The first-order valence-electron chi connectivity index (χ1n) is 7.74. The molecule has 128 valence electrons. The second-order valence-electron chi connectivity index (χ2n) is 5.54. The molecule has 1 aromatic heterocycles. The average molecular weight is 374 g/mol. The lowest BCUT2D eigenvalue weighted by Gasteiger charge is -2.06. The second-order valence-corrected chi connectivity index (χ2v) is 6.97. The number of methoxy groups -OCH3 is 1. The van der Waals surface area contributed by atoms with Crippen molar-refractivity contribution in [2.24, 2.45) is 0 Å². The largest absolute Gasteiger partial charge is 0.497 e. The van der Waals surface area contributed by atoms with Gasteiger partial charge in [0.05, 0.1) is 29.6 Å². The standard InChI is InChI=1S/C19H17ClN2O2S/c1-12-9-19(22-17-10-13(24-2)7-8-14(12)17)25-11-18(23)21-16-6-4-3-5-15(16)20/h3-10H,11H2,1-2H3,(H,21,23)/p+1. The third-order valence-electron chi connectivity index (χ3n) is 3.76. The van der Waals surface area contributed by atoms with Crippen LogP contribution in [-0.2, 0) is 4.79 Å². The predicted octanol–water partition coefficient (Wildman–Crippen LogP) is 4.36. The summed E-state index contributed by atoms with van der Waals surface area (Å²) < 4.78 is 5.27. The van der Waals surface area contributed by atoms with Crippen LogP contribution in [0.2, 0.25) is 5.02 Å². The van der Waals surface area contributed by atoms with Gasteiger partial charge in [-0.3, -0.25) is 4.79 Å². The van der Waals surface area contributed by atoms with Crippen molar-refractivity contribution in [3.63, 3.8) is 0 Å². The number of para-hydroxylation sites is 1. The Hall–Kier alpha value is -2.24. The number of thioether (sulfide) groups is 1. The Balaban J connectivity index is 1.72. The van der Waals surface area contributed by atoms with E-state index in [-0.39, 0.29) is 11.7 Å². The summed E-state index contributed by atoms with van der Waals surface area (Å²) in [5.41, 5.74) is 2.75. The highest BCUT2D eigenvalue weighted by Gasteiger charge is 2.13. The quantitative estimate of drug-likeness (QED) is 0.676. The lowest BCUT2D eigenvalue weighted by atomic mass is 10.1. The molecule has 0 aliphatic carbocycles. The van der Waals surface area contributed by atoms with Gasteiger partial charge < -0.3 is 10.1 Å². The van der Waals surface area contributed by atoms with Gasteiger partial charge in [-0.1, -0.05) is 23.7 Å². The number of ether oxygens (including phenoxy) is 1. The zero-order valence-electron chi connectivity index (χ0n) is 13.9. The van der Waals surface area contributed by atoms with E-state index < -0.39 is 0 Å². The van der Waals surface area contributed by atoms with Crippen LogP contribution in [0.1, 0.15) is 5.56 Å². The number of anilines is 1. The summed E-state index contributed by atoms with van der Waals surface area (Å²) in [6.45, 7) is 2.05. The van der Waals surface area contributed by atoms with E-state index in [1.807, 2.05) is 36.4 Å². The number of hydrogen-bond donors (Lipinski definition) is 1. The Kier molecular flexibility index (Phi) is 5.46.